The number of likely N-dealkylation sites (tertiary alicyclic amines) is 1. The number of pyridine rings is 1. The second kappa shape index (κ2) is 8.34. The minimum absolute atomic E-state index is 0.00598. The second-order valence-corrected chi connectivity index (χ2v) is 8.07. The lowest BCUT2D eigenvalue weighted by Crippen LogP contribution is -2.45. The van der Waals surface area contributed by atoms with Crippen molar-refractivity contribution in [1.29, 1.82) is 0 Å². The number of methoxy groups -OCH3 is 2. The Bertz CT molecular complexity index is 927. The van der Waals surface area contributed by atoms with Crippen LogP contribution in [0.4, 0.5) is 0 Å². The van der Waals surface area contributed by atoms with Crippen molar-refractivity contribution >= 4 is 11.8 Å². The number of nitrogens with one attached hydrogen (secondary N) is 1. The van der Waals surface area contributed by atoms with Gasteiger partial charge in [-0.15, -0.1) is 0 Å². The molecule has 4 rings (SSSR count). The van der Waals surface area contributed by atoms with Crippen LogP contribution in [0.3, 0.4) is 0 Å². The molecule has 1 N–H and O–H groups in total. The van der Waals surface area contributed by atoms with Crippen molar-refractivity contribution in [1.82, 2.24) is 15.2 Å². The topological polar surface area (TPSA) is 80.8 Å². The zero-order chi connectivity index (χ0) is 21.1. The number of carbonyl (C=O) groups excluding carboxylic acids is 2. The minimum atomic E-state index is -0.205. The molecule has 7 heteroatoms. The number of benzene rings is 1. The molecule has 158 valence electrons. The lowest BCUT2D eigenvalue weighted by atomic mass is 9.62. The average molecular weight is 409 g/mol. The molecule has 1 aliphatic carbocycles. The van der Waals surface area contributed by atoms with Crippen molar-refractivity contribution in [3.63, 3.8) is 0 Å². The Morgan fingerprint density at radius 1 is 1.20 bits per heavy atom. The second-order valence-electron chi connectivity index (χ2n) is 8.07. The number of rotatable bonds is 6. The van der Waals surface area contributed by atoms with Gasteiger partial charge in [-0.1, -0.05) is 18.6 Å². The summed E-state index contributed by atoms with van der Waals surface area (Å²) < 4.78 is 10.8. The van der Waals surface area contributed by atoms with Crippen LogP contribution < -0.4 is 14.8 Å². The summed E-state index contributed by atoms with van der Waals surface area (Å²) in [4.78, 5) is 32.2. The van der Waals surface area contributed by atoms with Gasteiger partial charge in [0.15, 0.2) is 11.5 Å². The van der Waals surface area contributed by atoms with E-state index >= 15 is 0 Å². The summed E-state index contributed by atoms with van der Waals surface area (Å²) in [6, 6.07) is 9.08. The third-order valence-electron chi connectivity index (χ3n) is 6.42. The van der Waals surface area contributed by atoms with Crippen LogP contribution in [-0.4, -0.2) is 49.0 Å². The summed E-state index contributed by atoms with van der Waals surface area (Å²) >= 11 is 0. The van der Waals surface area contributed by atoms with Gasteiger partial charge in [-0.3, -0.25) is 14.6 Å². The van der Waals surface area contributed by atoms with E-state index in [4.69, 9.17) is 9.47 Å². The van der Waals surface area contributed by atoms with E-state index in [0.29, 0.717) is 36.7 Å². The molecule has 2 fully saturated rings. The molecular weight excluding hydrogens is 382 g/mol. The van der Waals surface area contributed by atoms with E-state index in [1.807, 2.05) is 12.1 Å². The van der Waals surface area contributed by atoms with Crippen LogP contribution >= 0.6 is 0 Å². The lowest BCUT2D eigenvalue weighted by Gasteiger charge is -2.41. The summed E-state index contributed by atoms with van der Waals surface area (Å²) in [5.41, 5.74) is 1.30. The smallest absolute Gasteiger partial charge is 0.257 e. The summed E-state index contributed by atoms with van der Waals surface area (Å²) in [6.07, 6.45) is 6.49. The van der Waals surface area contributed by atoms with Gasteiger partial charge >= 0.3 is 0 Å². The Hall–Kier alpha value is -3.09. The van der Waals surface area contributed by atoms with Gasteiger partial charge in [0.2, 0.25) is 5.91 Å². The van der Waals surface area contributed by atoms with Crippen molar-refractivity contribution in [3.8, 4) is 11.5 Å². The first-order chi connectivity index (χ1) is 14.6. The highest BCUT2D eigenvalue weighted by Crippen LogP contribution is 2.52. The zero-order valence-electron chi connectivity index (χ0n) is 17.4. The van der Waals surface area contributed by atoms with Crippen LogP contribution in [-0.2, 0) is 11.3 Å². The maximum Gasteiger partial charge on any atom is 0.257 e. The van der Waals surface area contributed by atoms with Crippen molar-refractivity contribution in [3.05, 3.63) is 53.9 Å². The molecule has 1 aromatic heterocycles. The van der Waals surface area contributed by atoms with Crippen molar-refractivity contribution in [2.75, 3.05) is 27.3 Å². The number of para-hydroxylation sites is 1. The molecular formula is C23H27N3O4. The first-order valence-corrected chi connectivity index (χ1v) is 10.2. The monoisotopic (exact) mass is 409 g/mol. The summed E-state index contributed by atoms with van der Waals surface area (Å²) in [5.74, 6) is 0.623. The molecule has 1 saturated heterocycles. The minimum Gasteiger partial charge on any atom is -0.493 e. The van der Waals surface area contributed by atoms with Gasteiger partial charge in [0.1, 0.15) is 0 Å². The van der Waals surface area contributed by atoms with E-state index in [-0.39, 0.29) is 23.1 Å². The molecule has 1 saturated carbocycles. The molecule has 1 atom stereocenters. The average Bonchev–Trinajstić information content (AvgIpc) is 3.19. The van der Waals surface area contributed by atoms with Gasteiger partial charge in [0.05, 0.1) is 25.7 Å². The molecule has 1 unspecified atom stereocenters. The highest BCUT2D eigenvalue weighted by atomic mass is 16.5. The number of amides is 2. The Kier molecular flexibility index (Phi) is 5.61. The van der Waals surface area contributed by atoms with Gasteiger partial charge in [-0.25, -0.2) is 0 Å². The van der Waals surface area contributed by atoms with E-state index in [9.17, 15) is 9.59 Å². The molecule has 2 aromatic rings. The van der Waals surface area contributed by atoms with E-state index in [2.05, 4.69) is 10.3 Å². The molecule has 2 amide bonds. The van der Waals surface area contributed by atoms with Gasteiger partial charge in [-0.2, -0.15) is 0 Å². The van der Waals surface area contributed by atoms with Gasteiger partial charge < -0.3 is 19.7 Å². The highest BCUT2D eigenvalue weighted by Gasteiger charge is 2.54. The number of hydrogen-bond donors (Lipinski definition) is 1. The highest BCUT2D eigenvalue weighted by molar-refractivity contribution is 5.98. The molecule has 1 spiro atoms. The van der Waals surface area contributed by atoms with Gasteiger partial charge in [-0.05, 0) is 36.6 Å². The fourth-order valence-corrected chi connectivity index (χ4v) is 4.66. The van der Waals surface area contributed by atoms with Crippen molar-refractivity contribution in [2.45, 2.75) is 25.8 Å². The molecule has 1 aromatic carbocycles. The van der Waals surface area contributed by atoms with E-state index < -0.39 is 0 Å². The van der Waals surface area contributed by atoms with Gasteiger partial charge in [0.25, 0.3) is 5.91 Å². The third-order valence-corrected chi connectivity index (χ3v) is 6.42. The predicted molar refractivity (Wildman–Crippen MR) is 111 cm³/mol. The van der Waals surface area contributed by atoms with Crippen LogP contribution in [0.5, 0.6) is 11.5 Å². The van der Waals surface area contributed by atoms with E-state index in [0.717, 1.165) is 24.8 Å². The lowest BCUT2D eigenvalue weighted by molar-refractivity contribution is -0.129. The molecule has 2 heterocycles. The normalized spacial score (nSPS) is 19.3. The Morgan fingerprint density at radius 3 is 2.67 bits per heavy atom. The fourth-order valence-electron chi connectivity index (χ4n) is 4.66. The first-order valence-electron chi connectivity index (χ1n) is 10.2. The molecule has 30 heavy (non-hydrogen) atoms. The standard InChI is InChI=1S/C23H27N3O4/c1-29-19-8-3-7-17(20(19)30-2)22(28)26-14-18(23(15-26)9-5-10-23)21(27)25-13-16-6-4-11-24-12-16/h3-4,6-8,11-12,18H,5,9-10,13-15H2,1-2H3,(H,25,27). The largest absolute Gasteiger partial charge is 0.493 e. The van der Waals surface area contributed by atoms with Gasteiger partial charge in [0, 0.05) is 37.4 Å². The van der Waals surface area contributed by atoms with E-state index in [1.165, 1.54) is 7.11 Å². The maximum absolute atomic E-state index is 13.3. The number of nitrogens with zero attached hydrogens (tertiary/aromatic N) is 2. The summed E-state index contributed by atoms with van der Waals surface area (Å²) in [7, 11) is 3.08. The molecule has 0 radical (unpaired) electrons. The quantitative estimate of drug-likeness (QED) is 0.793. The van der Waals surface area contributed by atoms with Crippen molar-refractivity contribution in [2.24, 2.45) is 11.3 Å². The number of ether oxygens (including phenoxy) is 2. The summed E-state index contributed by atoms with van der Waals surface area (Å²) in [5, 5.41) is 3.04. The van der Waals surface area contributed by atoms with Crippen LogP contribution in [0.1, 0.15) is 35.2 Å². The van der Waals surface area contributed by atoms with Crippen LogP contribution in [0.25, 0.3) is 0 Å². The van der Waals surface area contributed by atoms with Crippen LogP contribution in [0.2, 0.25) is 0 Å². The first kappa shape index (κ1) is 20.2. The Labute approximate surface area is 176 Å². The molecule has 7 nitrogen and oxygen atoms in total. The zero-order valence-corrected chi connectivity index (χ0v) is 17.4. The number of hydrogen-bond acceptors (Lipinski definition) is 5. The van der Waals surface area contributed by atoms with Crippen LogP contribution in [0.15, 0.2) is 42.7 Å². The summed E-state index contributed by atoms with van der Waals surface area (Å²) in [6.45, 7) is 1.45. The molecule has 2 aliphatic rings. The molecule has 1 aliphatic heterocycles. The van der Waals surface area contributed by atoms with Crippen molar-refractivity contribution < 1.29 is 19.1 Å². The van der Waals surface area contributed by atoms with Crippen LogP contribution in [0, 0.1) is 11.3 Å². The maximum atomic E-state index is 13.3. The number of carbonyl (C=O) groups is 2. The fraction of sp³-hybridized carbons (Fsp3) is 0.435. The number of aromatic nitrogens is 1. The SMILES string of the molecule is COc1cccc(C(=O)N2CC(C(=O)NCc3cccnc3)C3(CCC3)C2)c1OC. The predicted octanol–water partition coefficient (Wildman–Crippen LogP) is 2.66. The van der Waals surface area contributed by atoms with E-state index in [1.54, 1.807) is 42.6 Å². The third kappa shape index (κ3) is 3.60. The molecule has 0 bridgehead atoms. The Balaban J connectivity index is 1.50. The Morgan fingerprint density at radius 2 is 2.03 bits per heavy atom.